The molecule has 0 atom stereocenters. The average Bonchev–Trinajstić information content (AvgIpc) is 2.08. The number of hydrogen-bond acceptors (Lipinski definition) is 1. The van der Waals surface area contributed by atoms with Crippen LogP contribution >= 0.6 is 15.9 Å². The lowest BCUT2D eigenvalue weighted by Crippen LogP contribution is -2.34. The Morgan fingerprint density at radius 2 is 2.21 bits per heavy atom. The standard InChI is InChI=1S/C11H13BrFN/c12-9-4-5-11(13)8(6-9)7-14-10-2-1-3-10/h4-6,10,14H,1-3,7H2. The van der Waals surface area contributed by atoms with Crippen LogP contribution < -0.4 is 5.32 Å². The van der Waals surface area contributed by atoms with Crippen LogP contribution in [-0.2, 0) is 6.54 Å². The lowest BCUT2D eigenvalue weighted by molar-refractivity contribution is 0.336. The predicted molar refractivity (Wildman–Crippen MR) is 58.6 cm³/mol. The Balaban J connectivity index is 1.96. The first-order chi connectivity index (χ1) is 6.75. The van der Waals surface area contributed by atoms with Gasteiger partial charge in [-0.3, -0.25) is 0 Å². The molecule has 0 radical (unpaired) electrons. The van der Waals surface area contributed by atoms with Crippen LogP contribution in [0.3, 0.4) is 0 Å². The van der Waals surface area contributed by atoms with E-state index in [0.29, 0.717) is 12.6 Å². The van der Waals surface area contributed by atoms with Crippen molar-refractivity contribution in [2.45, 2.75) is 31.8 Å². The van der Waals surface area contributed by atoms with Gasteiger partial charge in [0.15, 0.2) is 0 Å². The molecule has 0 heterocycles. The molecule has 76 valence electrons. The maximum atomic E-state index is 13.3. The van der Waals surface area contributed by atoms with Gasteiger partial charge in [0.05, 0.1) is 0 Å². The fourth-order valence-electron chi connectivity index (χ4n) is 1.55. The van der Waals surface area contributed by atoms with Gasteiger partial charge in [0.1, 0.15) is 5.82 Å². The summed E-state index contributed by atoms with van der Waals surface area (Å²) in [7, 11) is 0. The van der Waals surface area contributed by atoms with Gasteiger partial charge in [-0.25, -0.2) is 4.39 Å². The van der Waals surface area contributed by atoms with Crippen LogP contribution in [0, 0.1) is 5.82 Å². The van der Waals surface area contributed by atoms with E-state index in [1.807, 2.05) is 6.07 Å². The van der Waals surface area contributed by atoms with Crippen LogP contribution in [0.25, 0.3) is 0 Å². The zero-order chi connectivity index (χ0) is 9.97. The molecule has 1 aliphatic rings. The molecule has 0 unspecified atom stereocenters. The molecule has 2 rings (SSSR count). The molecule has 0 amide bonds. The minimum absolute atomic E-state index is 0.125. The Morgan fingerprint density at radius 1 is 1.43 bits per heavy atom. The van der Waals surface area contributed by atoms with E-state index in [2.05, 4.69) is 21.2 Å². The minimum Gasteiger partial charge on any atom is -0.310 e. The number of benzene rings is 1. The first kappa shape index (κ1) is 10.1. The van der Waals surface area contributed by atoms with Crippen LogP contribution in [-0.4, -0.2) is 6.04 Å². The van der Waals surface area contributed by atoms with Crippen molar-refractivity contribution in [2.75, 3.05) is 0 Å². The summed E-state index contributed by atoms with van der Waals surface area (Å²) in [5.74, 6) is -0.125. The second kappa shape index (κ2) is 4.41. The molecule has 0 saturated heterocycles. The molecule has 1 nitrogen and oxygen atoms in total. The molecule has 1 fully saturated rings. The summed E-state index contributed by atoms with van der Waals surface area (Å²) in [6, 6.07) is 5.67. The molecule has 14 heavy (non-hydrogen) atoms. The predicted octanol–water partition coefficient (Wildman–Crippen LogP) is 3.23. The van der Waals surface area contributed by atoms with Crippen LogP contribution in [0.5, 0.6) is 0 Å². The fraction of sp³-hybridized carbons (Fsp3) is 0.455. The summed E-state index contributed by atoms with van der Waals surface area (Å²) >= 11 is 3.34. The van der Waals surface area contributed by atoms with Gasteiger partial charge >= 0.3 is 0 Å². The van der Waals surface area contributed by atoms with Gasteiger partial charge < -0.3 is 5.32 Å². The van der Waals surface area contributed by atoms with Gasteiger partial charge in [-0.1, -0.05) is 22.4 Å². The van der Waals surface area contributed by atoms with Crippen molar-refractivity contribution in [3.63, 3.8) is 0 Å². The van der Waals surface area contributed by atoms with Gasteiger partial charge in [-0.15, -0.1) is 0 Å². The second-order valence-corrected chi connectivity index (χ2v) is 4.66. The molecule has 1 N–H and O–H groups in total. The van der Waals surface area contributed by atoms with Crippen LogP contribution in [0.1, 0.15) is 24.8 Å². The van der Waals surface area contributed by atoms with E-state index in [4.69, 9.17) is 0 Å². The lowest BCUT2D eigenvalue weighted by Gasteiger charge is -2.26. The smallest absolute Gasteiger partial charge is 0.127 e. The largest absolute Gasteiger partial charge is 0.310 e. The highest BCUT2D eigenvalue weighted by Gasteiger charge is 2.16. The van der Waals surface area contributed by atoms with Crippen molar-refractivity contribution in [1.29, 1.82) is 0 Å². The van der Waals surface area contributed by atoms with E-state index in [1.54, 1.807) is 6.07 Å². The van der Waals surface area contributed by atoms with Crippen LogP contribution in [0.2, 0.25) is 0 Å². The summed E-state index contributed by atoms with van der Waals surface area (Å²) in [6.07, 6.45) is 3.77. The maximum Gasteiger partial charge on any atom is 0.127 e. The first-order valence-electron chi connectivity index (χ1n) is 4.93. The van der Waals surface area contributed by atoms with E-state index in [9.17, 15) is 4.39 Å². The molecule has 0 aromatic heterocycles. The summed E-state index contributed by atoms with van der Waals surface area (Å²) < 4.78 is 14.2. The van der Waals surface area contributed by atoms with Crippen molar-refractivity contribution >= 4 is 15.9 Å². The maximum absolute atomic E-state index is 13.3. The Bertz CT molecular complexity index is 323. The van der Waals surface area contributed by atoms with Crippen molar-refractivity contribution in [3.05, 3.63) is 34.1 Å². The van der Waals surface area contributed by atoms with E-state index >= 15 is 0 Å². The molecule has 0 bridgehead atoms. The summed E-state index contributed by atoms with van der Waals surface area (Å²) in [6.45, 7) is 0.635. The van der Waals surface area contributed by atoms with Gasteiger partial charge in [0.2, 0.25) is 0 Å². The quantitative estimate of drug-likeness (QED) is 0.877. The average molecular weight is 258 g/mol. The monoisotopic (exact) mass is 257 g/mol. The number of hydrogen-bond donors (Lipinski definition) is 1. The first-order valence-corrected chi connectivity index (χ1v) is 5.72. The number of rotatable bonds is 3. The topological polar surface area (TPSA) is 12.0 Å². The van der Waals surface area contributed by atoms with E-state index in [1.165, 1.54) is 25.3 Å². The molecule has 0 spiro atoms. The molecule has 3 heteroatoms. The van der Waals surface area contributed by atoms with Gasteiger partial charge in [-0.05, 0) is 31.0 Å². The molecular formula is C11H13BrFN. The number of nitrogens with one attached hydrogen (secondary N) is 1. The van der Waals surface area contributed by atoms with Crippen LogP contribution in [0.15, 0.2) is 22.7 Å². The molecule has 1 aromatic rings. The molecule has 0 aliphatic heterocycles. The second-order valence-electron chi connectivity index (χ2n) is 3.74. The minimum atomic E-state index is -0.125. The Hall–Kier alpha value is -0.410. The summed E-state index contributed by atoms with van der Waals surface area (Å²) in [5.41, 5.74) is 0.742. The molecule has 1 saturated carbocycles. The van der Waals surface area contributed by atoms with Crippen molar-refractivity contribution < 1.29 is 4.39 Å². The molecule has 1 aliphatic carbocycles. The Kier molecular flexibility index (Phi) is 3.19. The van der Waals surface area contributed by atoms with Crippen molar-refractivity contribution in [3.8, 4) is 0 Å². The Morgan fingerprint density at radius 3 is 2.86 bits per heavy atom. The summed E-state index contributed by atoms with van der Waals surface area (Å²) in [4.78, 5) is 0. The third kappa shape index (κ3) is 2.34. The number of halogens is 2. The lowest BCUT2D eigenvalue weighted by atomic mass is 9.93. The highest BCUT2D eigenvalue weighted by molar-refractivity contribution is 9.10. The SMILES string of the molecule is Fc1ccc(Br)cc1CNC1CCC1. The fourth-order valence-corrected chi connectivity index (χ4v) is 1.95. The van der Waals surface area contributed by atoms with E-state index < -0.39 is 0 Å². The highest BCUT2D eigenvalue weighted by atomic mass is 79.9. The molecular weight excluding hydrogens is 245 g/mol. The van der Waals surface area contributed by atoms with Gasteiger partial charge in [-0.2, -0.15) is 0 Å². The van der Waals surface area contributed by atoms with Gasteiger partial charge in [0, 0.05) is 22.6 Å². The van der Waals surface area contributed by atoms with Gasteiger partial charge in [0.25, 0.3) is 0 Å². The van der Waals surface area contributed by atoms with E-state index in [-0.39, 0.29) is 5.82 Å². The van der Waals surface area contributed by atoms with E-state index in [0.717, 1.165) is 10.0 Å². The summed E-state index contributed by atoms with van der Waals surface area (Å²) in [5, 5.41) is 3.34. The third-order valence-electron chi connectivity index (χ3n) is 2.69. The zero-order valence-corrected chi connectivity index (χ0v) is 9.48. The molecule has 1 aromatic carbocycles. The Labute approximate surface area is 91.8 Å². The zero-order valence-electron chi connectivity index (χ0n) is 7.89. The normalized spacial score (nSPS) is 16.7. The third-order valence-corrected chi connectivity index (χ3v) is 3.19. The van der Waals surface area contributed by atoms with Crippen molar-refractivity contribution in [1.82, 2.24) is 5.32 Å². The highest BCUT2D eigenvalue weighted by Crippen LogP contribution is 2.20. The van der Waals surface area contributed by atoms with Crippen LogP contribution in [0.4, 0.5) is 4.39 Å². The van der Waals surface area contributed by atoms with Crippen molar-refractivity contribution in [2.24, 2.45) is 0 Å².